The molecule has 0 aliphatic rings. The van der Waals surface area contributed by atoms with E-state index in [1.807, 2.05) is 42.5 Å². The number of nitrogens with one attached hydrogen (secondary N) is 1. The molecule has 6 nitrogen and oxygen atoms in total. The Kier molecular flexibility index (Phi) is 4.30. The topological polar surface area (TPSA) is 77.1 Å². The molecule has 27 heavy (non-hydrogen) atoms. The number of amides is 1. The van der Waals surface area contributed by atoms with Crippen LogP contribution in [0.25, 0.3) is 10.8 Å². The second-order valence-electron chi connectivity index (χ2n) is 6.30. The quantitative estimate of drug-likeness (QED) is 0.604. The Hall–Kier alpha value is -3.67. The summed E-state index contributed by atoms with van der Waals surface area (Å²) in [5.41, 5.74) is 1.21. The zero-order valence-electron chi connectivity index (χ0n) is 14.7. The maximum absolute atomic E-state index is 12.4. The highest BCUT2D eigenvalue weighted by atomic mass is 16.5. The average Bonchev–Trinajstić information content (AvgIpc) is 3.08. The van der Waals surface area contributed by atoms with Crippen LogP contribution in [0.15, 0.2) is 76.2 Å². The van der Waals surface area contributed by atoms with E-state index in [0.29, 0.717) is 23.7 Å². The van der Waals surface area contributed by atoms with E-state index in [4.69, 9.17) is 4.52 Å². The lowest BCUT2D eigenvalue weighted by Gasteiger charge is -2.10. The van der Waals surface area contributed by atoms with E-state index in [1.165, 1.54) is 16.7 Å². The molecule has 0 bridgehead atoms. The maximum Gasteiger partial charge on any atom is 0.258 e. The molecule has 0 spiro atoms. The summed E-state index contributed by atoms with van der Waals surface area (Å²) in [4.78, 5) is 24.7. The highest BCUT2D eigenvalue weighted by Gasteiger charge is 2.11. The molecule has 0 unspecified atom stereocenters. The van der Waals surface area contributed by atoms with Crippen LogP contribution in [0.3, 0.4) is 0 Å². The first kappa shape index (κ1) is 16.8. The van der Waals surface area contributed by atoms with E-state index in [-0.39, 0.29) is 11.5 Å². The van der Waals surface area contributed by atoms with Crippen LogP contribution < -0.4 is 10.9 Å². The standard InChI is InChI=1S/C21H17N3O3/c1-14-11-19(23-27-14)22-21(26)17-9-10-20(25)24(13-17)12-16-7-4-6-15-5-2-3-8-18(15)16/h2-11,13H,12H2,1H3,(H,22,23,26). The third-order valence-corrected chi connectivity index (χ3v) is 4.34. The monoisotopic (exact) mass is 359 g/mol. The fourth-order valence-corrected chi connectivity index (χ4v) is 3.02. The van der Waals surface area contributed by atoms with Gasteiger partial charge in [-0.1, -0.05) is 47.6 Å². The fraction of sp³-hybridized carbons (Fsp3) is 0.0952. The molecule has 2 aromatic carbocycles. The van der Waals surface area contributed by atoms with Crippen LogP contribution in [-0.2, 0) is 6.54 Å². The minimum absolute atomic E-state index is 0.170. The molecule has 0 aliphatic heterocycles. The lowest BCUT2D eigenvalue weighted by molar-refractivity contribution is 0.102. The molecule has 0 aliphatic carbocycles. The van der Waals surface area contributed by atoms with Crippen LogP contribution in [0.5, 0.6) is 0 Å². The van der Waals surface area contributed by atoms with Gasteiger partial charge in [0.15, 0.2) is 5.82 Å². The van der Waals surface area contributed by atoms with Gasteiger partial charge in [0.05, 0.1) is 12.1 Å². The zero-order chi connectivity index (χ0) is 18.8. The molecule has 1 N–H and O–H groups in total. The molecule has 134 valence electrons. The van der Waals surface area contributed by atoms with Gasteiger partial charge in [0.25, 0.3) is 11.5 Å². The Labute approximate surface area is 155 Å². The average molecular weight is 359 g/mol. The summed E-state index contributed by atoms with van der Waals surface area (Å²) in [7, 11) is 0. The first-order valence-electron chi connectivity index (χ1n) is 8.52. The van der Waals surface area contributed by atoms with Crippen LogP contribution in [0.2, 0.25) is 0 Å². The zero-order valence-corrected chi connectivity index (χ0v) is 14.7. The van der Waals surface area contributed by atoms with Crippen molar-refractivity contribution >= 4 is 22.5 Å². The van der Waals surface area contributed by atoms with Gasteiger partial charge in [-0.25, -0.2) is 0 Å². The fourth-order valence-electron chi connectivity index (χ4n) is 3.02. The number of aryl methyl sites for hydroxylation is 1. The predicted molar refractivity (Wildman–Crippen MR) is 103 cm³/mol. The van der Waals surface area contributed by atoms with Gasteiger partial charge in [0.1, 0.15) is 5.76 Å². The smallest absolute Gasteiger partial charge is 0.258 e. The summed E-state index contributed by atoms with van der Waals surface area (Å²) in [6.45, 7) is 2.12. The summed E-state index contributed by atoms with van der Waals surface area (Å²) in [6, 6.07) is 18.5. The molecule has 6 heteroatoms. The highest BCUT2D eigenvalue weighted by Crippen LogP contribution is 2.19. The minimum Gasteiger partial charge on any atom is -0.360 e. The van der Waals surface area contributed by atoms with Gasteiger partial charge in [0.2, 0.25) is 0 Å². The van der Waals surface area contributed by atoms with Crippen molar-refractivity contribution in [3.63, 3.8) is 0 Å². The number of benzene rings is 2. The molecule has 1 amide bonds. The molecule has 4 aromatic rings. The Morgan fingerprint density at radius 1 is 1.11 bits per heavy atom. The van der Waals surface area contributed by atoms with Gasteiger partial charge in [-0.3, -0.25) is 9.59 Å². The van der Waals surface area contributed by atoms with Crippen molar-refractivity contribution in [2.75, 3.05) is 5.32 Å². The summed E-state index contributed by atoms with van der Waals surface area (Å²) in [6.07, 6.45) is 1.56. The largest absolute Gasteiger partial charge is 0.360 e. The Bertz CT molecular complexity index is 1190. The van der Waals surface area contributed by atoms with Gasteiger partial charge in [-0.05, 0) is 29.3 Å². The van der Waals surface area contributed by atoms with Crippen molar-refractivity contribution in [1.82, 2.24) is 9.72 Å². The van der Waals surface area contributed by atoms with Crippen LogP contribution in [0.4, 0.5) is 5.82 Å². The Morgan fingerprint density at radius 2 is 1.93 bits per heavy atom. The van der Waals surface area contributed by atoms with Crippen molar-refractivity contribution in [3.05, 3.63) is 94.1 Å². The molecular weight excluding hydrogens is 342 g/mol. The Balaban J connectivity index is 1.64. The molecule has 0 fully saturated rings. The lowest BCUT2D eigenvalue weighted by atomic mass is 10.0. The summed E-state index contributed by atoms with van der Waals surface area (Å²) in [5, 5.41) is 8.60. The molecule has 2 aromatic heterocycles. The molecule has 0 atom stereocenters. The number of rotatable bonds is 4. The number of pyridine rings is 1. The van der Waals surface area contributed by atoms with Gasteiger partial charge >= 0.3 is 0 Å². The van der Waals surface area contributed by atoms with Gasteiger partial charge < -0.3 is 14.4 Å². The predicted octanol–water partition coefficient (Wildman–Crippen LogP) is 3.60. The van der Waals surface area contributed by atoms with Crippen molar-refractivity contribution in [3.8, 4) is 0 Å². The van der Waals surface area contributed by atoms with Crippen LogP contribution in [0, 0.1) is 6.92 Å². The first-order valence-corrected chi connectivity index (χ1v) is 8.52. The third kappa shape index (κ3) is 3.50. The SMILES string of the molecule is Cc1cc(NC(=O)c2ccc(=O)n(Cc3cccc4ccccc34)c2)no1. The van der Waals surface area contributed by atoms with E-state index >= 15 is 0 Å². The van der Waals surface area contributed by atoms with E-state index in [1.54, 1.807) is 19.2 Å². The third-order valence-electron chi connectivity index (χ3n) is 4.34. The molecule has 2 heterocycles. The second kappa shape index (κ2) is 6.92. The van der Waals surface area contributed by atoms with Crippen molar-refractivity contribution < 1.29 is 9.32 Å². The number of aromatic nitrogens is 2. The molecular formula is C21H17N3O3. The van der Waals surface area contributed by atoms with Crippen LogP contribution in [-0.4, -0.2) is 15.6 Å². The van der Waals surface area contributed by atoms with E-state index in [0.717, 1.165) is 16.3 Å². The van der Waals surface area contributed by atoms with Gasteiger partial charge in [0, 0.05) is 18.3 Å². The first-order chi connectivity index (χ1) is 13.1. The maximum atomic E-state index is 12.4. The van der Waals surface area contributed by atoms with Gasteiger partial charge in [-0.2, -0.15) is 0 Å². The summed E-state index contributed by atoms with van der Waals surface area (Å²) in [5.74, 6) is 0.588. The van der Waals surface area contributed by atoms with Crippen molar-refractivity contribution in [2.45, 2.75) is 13.5 Å². The number of nitrogens with zero attached hydrogens (tertiary/aromatic N) is 2. The van der Waals surface area contributed by atoms with Crippen LogP contribution >= 0.6 is 0 Å². The summed E-state index contributed by atoms with van der Waals surface area (Å²) >= 11 is 0. The molecule has 0 saturated heterocycles. The van der Waals surface area contributed by atoms with E-state index < -0.39 is 0 Å². The lowest BCUT2D eigenvalue weighted by Crippen LogP contribution is -2.22. The van der Waals surface area contributed by atoms with E-state index in [9.17, 15) is 9.59 Å². The number of carbonyl (C=O) groups excluding carboxylic acids is 1. The van der Waals surface area contributed by atoms with Crippen LogP contribution in [0.1, 0.15) is 21.7 Å². The minimum atomic E-state index is -0.352. The normalized spacial score (nSPS) is 10.9. The number of hydrogen-bond acceptors (Lipinski definition) is 4. The second-order valence-corrected chi connectivity index (χ2v) is 6.30. The number of hydrogen-bond donors (Lipinski definition) is 1. The number of carbonyl (C=O) groups is 1. The number of anilines is 1. The van der Waals surface area contributed by atoms with Gasteiger partial charge in [-0.15, -0.1) is 0 Å². The summed E-state index contributed by atoms with van der Waals surface area (Å²) < 4.78 is 6.48. The van der Waals surface area contributed by atoms with Crippen molar-refractivity contribution in [2.24, 2.45) is 0 Å². The van der Waals surface area contributed by atoms with Crippen molar-refractivity contribution in [1.29, 1.82) is 0 Å². The highest BCUT2D eigenvalue weighted by molar-refractivity contribution is 6.03. The molecule has 0 radical (unpaired) electrons. The Morgan fingerprint density at radius 3 is 2.74 bits per heavy atom. The number of fused-ring (bicyclic) bond motifs is 1. The molecule has 0 saturated carbocycles. The molecule has 4 rings (SSSR count). The van der Waals surface area contributed by atoms with E-state index in [2.05, 4.69) is 10.5 Å².